The first-order valence-corrected chi connectivity index (χ1v) is 10.5. The Hall–Kier alpha value is -4.30. The number of urea groups is 1. The minimum atomic E-state index is -0.388. The van der Waals surface area contributed by atoms with Gasteiger partial charge in [0.2, 0.25) is 0 Å². The highest BCUT2D eigenvalue weighted by Crippen LogP contribution is 2.25. The molecule has 0 radical (unpaired) electrons. The third-order valence-electron chi connectivity index (χ3n) is 4.97. The Bertz CT molecular complexity index is 1470. The van der Waals surface area contributed by atoms with Crippen molar-refractivity contribution in [2.75, 3.05) is 10.6 Å². The Morgan fingerprint density at radius 2 is 1.82 bits per heavy atom. The number of rotatable bonds is 4. The third kappa shape index (κ3) is 4.37. The minimum Gasteiger partial charge on any atom is -0.308 e. The molecule has 0 aliphatic rings. The number of amides is 2. The molecule has 3 heterocycles. The van der Waals surface area contributed by atoms with Crippen molar-refractivity contribution in [3.63, 3.8) is 0 Å². The van der Waals surface area contributed by atoms with Gasteiger partial charge >= 0.3 is 6.03 Å². The fourth-order valence-corrected chi connectivity index (χ4v) is 3.56. The lowest BCUT2D eigenvalue weighted by molar-refractivity contribution is 0.262. The zero-order chi connectivity index (χ0) is 22.8. The van der Waals surface area contributed by atoms with Gasteiger partial charge in [-0.25, -0.2) is 4.79 Å². The van der Waals surface area contributed by atoms with Crippen LogP contribution in [-0.4, -0.2) is 30.8 Å². The van der Waals surface area contributed by atoms with Crippen LogP contribution in [0.4, 0.5) is 16.2 Å². The van der Waals surface area contributed by atoms with Crippen LogP contribution in [0.5, 0.6) is 0 Å². The summed E-state index contributed by atoms with van der Waals surface area (Å²) in [6, 6.07) is 19.9. The van der Waals surface area contributed by atoms with Gasteiger partial charge in [-0.15, -0.1) is 10.2 Å². The molecule has 0 bridgehead atoms. The van der Waals surface area contributed by atoms with Crippen LogP contribution in [0.3, 0.4) is 0 Å². The van der Waals surface area contributed by atoms with Crippen molar-refractivity contribution in [1.82, 2.24) is 24.8 Å². The molecule has 0 aliphatic carbocycles. The van der Waals surface area contributed by atoms with Crippen LogP contribution in [0.1, 0.15) is 5.56 Å². The first kappa shape index (κ1) is 20.6. The Morgan fingerprint density at radius 1 is 0.939 bits per heavy atom. The molecule has 0 spiro atoms. The predicted molar refractivity (Wildman–Crippen MR) is 128 cm³/mol. The number of benzene rings is 2. The number of fused-ring (bicyclic) bond motifs is 1. The number of hydrogen-bond acceptors (Lipinski definition) is 5. The van der Waals surface area contributed by atoms with Crippen LogP contribution in [0, 0.1) is 6.92 Å². The quantitative estimate of drug-likeness (QED) is 0.375. The molecule has 33 heavy (non-hydrogen) atoms. The molecule has 2 aromatic carbocycles. The Labute approximate surface area is 194 Å². The number of nitrogens with one attached hydrogen (secondary N) is 2. The van der Waals surface area contributed by atoms with Crippen LogP contribution < -0.4 is 10.6 Å². The minimum absolute atomic E-state index is 0.388. The van der Waals surface area contributed by atoms with E-state index in [0.29, 0.717) is 33.6 Å². The Balaban J connectivity index is 1.41. The molecule has 2 N–H and O–H groups in total. The number of carbonyl (C=O) groups excluding carboxylic acids is 1. The number of aryl methyl sites for hydroxylation is 1. The molecule has 0 fully saturated rings. The second-order valence-corrected chi connectivity index (χ2v) is 7.80. The van der Waals surface area contributed by atoms with Gasteiger partial charge in [-0.1, -0.05) is 29.8 Å². The molecular formula is C24H18ClN7O. The summed E-state index contributed by atoms with van der Waals surface area (Å²) in [5.41, 5.74) is 5.14. The molecule has 2 amide bonds. The number of pyridine rings is 1. The van der Waals surface area contributed by atoms with E-state index in [4.69, 9.17) is 16.7 Å². The van der Waals surface area contributed by atoms with Crippen LogP contribution in [0.15, 0.2) is 79.1 Å². The zero-order valence-corrected chi connectivity index (χ0v) is 18.3. The van der Waals surface area contributed by atoms with Crippen LogP contribution in [0.25, 0.3) is 28.3 Å². The molecule has 0 atom stereocenters. The second kappa shape index (κ2) is 8.68. The number of anilines is 2. The highest BCUT2D eigenvalue weighted by molar-refractivity contribution is 6.33. The van der Waals surface area contributed by atoms with Crippen molar-refractivity contribution in [2.24, 2.45) is 0 Å². The molecule has 5 aromatic rings. The molecule has 0 unspecified atom stereocenters. The van der Waals surface area contributed by atoms with Crippen molar-refractivity contribution in [1.29, 1.82) is 0 Å². The molecule has 0 saturated carbocycles. The van der Waals surface area contributed by atoms with E-state index in [9.17, 15) is 4.79 Å². The third-order valence-corrected chi connectivity index (χ3v) is 5.30. The Kier molecular flexibility index (Phi) is 5.42. The van der Waals surface area contributed by atoms with Gasteiger partial charge in [0.1, 0.15) is 0 Å². The topological polar surface area (TPSA) is 97.1 Å². The highest BCUT2D eigenvalue weighted by Gasteiger charge is 2.12. The first-order chi connectivity index (χ1) is 16.1. The lowest BCUT2D eigenvalue weighted by Crippen LogP contribution is -2.19. The standard InChI is InChI=1S/C24H18ClN7O/c1-15-7-8-19(25)21(12-15)28-24(33)27-18-6-2-4-16(13-18)20-9-10-22-29-30-23(32(22)31-20)17-5-3-11-26-14-17/h2-14H,1H3,(H2,27,28,33). The zero-order valence-electron chi connectivity index (χ0n) is 17.5. The summed E-state index contributed by atoms with van der Waals surface area (Å²) >= 11 is 6.18. The van der Waals surface area contributed by atoms with Gasteiger partial charge in [0, 0.05) is 29.2 Å². The average Bonchev–Trinajstić information content (AvgIpc) is 3.25. The molecule has 8 nitrogen and oxygen atoms in total. The summed E-state index contributed by atoms with van der Waals surface area (Å²) in [6.07, 6.45) is 3.42. The van der Waals surface area contributed by atoms with Crippen molar-refractivity contribution < 1.29 is 4.79 Å². The first-order valence-electron chi connectivity index (χ1n) is 10.1. The molecule has 0 saturated heterocycles. The van der Waals surface area contributed by atoms with Crippen LogP contribution in [0.2, 0.25) is 5.02 Å². The van der Waals surface area contributed by atoms with Crippen molar-refractivity contribution in [3.05, 3.63) is 89.7 Å². The van der Waals surface area contributed by atoms with Crippen LogP contribution in [-0.2, 0) is 0 Å². The van der Waals surface area contributed by atoms with Gasteiger partial charge in [0.25, 0.3) is 0 Å². The normalized spacial score (nSPS) is 10.8. The maximum atomic E-state index is 12.5. The number of nitrogens with zero attached hydrogens (tertiary/aromatic N) is 5. The Morgan fingerprint density at radius 3 is 2.67 bits per heavy atom. The van der Waals surface area contributed by atoms with Gasteiger partial charge in [-0.3, -0.25) is 4.98 Å². The summed E-state index contributed by atoms with van der Waals surface area (Å²) < 4.78 is 1.68. The lowest BCUT2D eigenvalue weighted by atomic mass is 10.1. The van der Waals surface area contributed by atoms with Gasteiger partial charge in [0.15, 0.2) is 11.5 Å². The van der Waals surface area contributed by atoms with E-state index >= 15 is 0 Å². The molecule has 0 aliphatic heterocycles. The number of hydrogen-bond donors (Lipinski definition) is 2. The molecular weight excluding hydrogens is 438 g/mol. The van der Waals surface area contributed by atoms with E-state index < -0.39 is 0 Å². The summed E-state index contributed by atoms with van der Waals surface area (Å²) in [7, 11) is 0. The van der Waals surface area contributed by atoms with Gasteiger partial charge < -0.3 is 10.6 Å². The summed E-state index contributed by atoms with van der Waals surface area (Å²) in [6.45, 7) is 1.93. The largest absolute Gasteiger partial charge is 0.323 e. The van der Waals surface area contributed by atoms with Crippen LogP contribution >= 0.6 is 11.6 Å². The summed E-state index contributed by atoms with van der Waals surface area (Å²) in [5.74, 6) is 0.601. The van der Waals surface area contributed by atoms with Crippen molar-refractivity contribution in [2.45, 2.75) is 6.92 Å². The highest BCUT2D eigenvalue weighted by atomic mass is 35.5. The van der Waals surface area contributed by atoms with Crippen molar-refractivity contribution in [3.8, 4) is 22.6 Å². The summed E-state index contributed by atoms with van der Waals surface area (Å²) in [4.78, 5) is 16.7. The van der Waals surface area contributed by atoms with Gasteiger partial charge in [-0.2, -0.15) is 9.61 Å². The lowest BCUT2D eigenvalue weighted by Gasteiger charge is -2.11. The van der Waals surface area contributed by atoms with Gasteiger partial charge in [-0.05, 0) is 61.0 Å². The van der Waals surface area contributed by atoms with E-state index in [1.807, 2.05) is 61.5 Å². The maximum absolute atomic E-state index is 12.5. The second-order valence-electron chi connectivity index (χ2n) is 7.40. The van der Waals surface area contributed by atoms with E-state index in [1.165, 1.54) is 0 Å². The average molecular weight is 456 g/mol. The SMILES string of the molecule is Cc1ccc(Cl)c(NC(=O)Nc2cccc(-c3ccc4nnc(-c5cccnc5)n4n3)c2)c1. The fourth-order valence-electron chi connectivity index (χ4n) is 3.39. The number of aromatic nitrogens is 5. The predicted octanol–water partition coefficient (Wildman–Crippen LogP) is 5.46. The molecule has 9 heteroatoms. The van der Waals surface area contributed by atoms with E-state index in [1.54, 1.807) is 29.0 Å². The number of halogens is 1. The summed E-state index contributed by atoms with van der Waals surface area (Å²) in [5, 5.41) is 19.2. The molecule has 3 aromatic heterocycles. The molecule has 5 rings (SSSR count). The van der Waals surface area contributed by atoms with E-state index in [-0.39, 0.29) is 6.03 Å². The number of carbonyl (C=O) groups is 1. The maximum Gasteiger partial charge on any atom is 0.323 e. The fraction of sp³-hybridized carbons (Fsp3) is 0.0417. The van der Waals surface area contributed by atoms with Gasteiger partial charge in [0.05, 0.1) is 16.4 Å². The smallest absolute Gasteiger partial charge is 0.308 e. The molecule has 162 valence electrons. The monoisotopic (exact) mass is 455 g/mol. The van der Waals surface area contributed by atoms with E-state index in [0.717, 1.165) is 16.7 Å². The van der Waals surface area contributed by atoms with E-state index in [2.05, 4.69) is 25.8 Å². The van der Waals surface area contributed by atoms with Crippen molar-refractivity contribution >= 4 is 34.7 Å².